The van der Waals surface area contributed by atoms with Crippen molar-refractivity contribution in [1.82, 2.24) is 9.55 Å². The molecule has 3 aromatic rings. The van der Waals surface area contributed by atoms with E-state index >= 15 is 0 Å². The van der Waals surface area contributed by atoms with E-state index in [0.717, 1.165) is 6.42 Å². The molecule has 0 amide bonds. The number of rotatable bonds is 10. The molecule has 1 heterocycles. The highest BCUT2D eigenvalue weighted by molar-refractivity contribution is 7.99. The van der Waals surface area contributed by atoms with Crippen LogP contribution in [-0.2, 0) is 11.3 Å². The van der Waals surface area contributed by atoms with Gasteiger partial charge in [-0.15, -0.1) is 0 Å². The van der Waals surface area contributed by atoms with Crippen LogP contribution in [0.2, 0.25) is 5.02 Å². The zero-order valence-electron chi connectivity index (χ0n) is 16.6. The molecule has 6 nitrogen and oxygen atoms in total. The lowest BCUT2D eigenvalue weighted by atomic mass is 10.2. The molecule has 3 rings (SSSR count). The maximum absolute atomic E-state index is 13.0. The Labute approximate surface area is 184 Å². The van der Waals surface area contributed by atoms with Gasteiger partial charge in [0.1, 0.15) is 5.75 Å². The van der Waals surface area contributed by atoms with Gasteiger partial charge in [-0.25, -0.2) is 4.98 Å². The number of nitriles is 1. The van der Waals surface area contributed by atoms with Crippen molar-refractivity contribution in [3.05, 3.63) is 63.4 Å². The van der Waals surface area contributed by atoms with Gasteiger partial charge in [0.2, 0.25) is 0 Å². The molecule has 8 heteroatoms. The molecule has 1 aromatic heterocycles. The summed E-state index contributed by atoms with van der Waals surface area (Å²) in [4.78, 5) is 17.7. The molecule has 0 atom stereocenters. The first-order valence-corrected chi connectivity index (χ1v) is 11.0. The van der Waals surface area contributed by atoms with Crippen LogP contribution in [0.5, 0.6) is 5.75 Å². The van der Waals surface area contributed by atoms with Crippen LogP contribution in [0.1, 0.15) is 18.9 Å². The van der Waals surface area contributed by atoms with Crippen LogP contribution in [0.15, 0.2) is 52.4 Å². The second-order valence-corrected chi connectivity index (χ2v) is 7.90. The largest absolute Gasteiger partial charge is 0.493 e. The maximum Gasteiger partial charge on any atom is 0.262 e. The molecular weight excluding hydrogens is 422 g/mol. The molecule has 156 valence electrons. The lowest BCUT2D eigenvalue weighted by molar-refractivity contribution is 0.140. The smallest absolute Gasteiger partial charge is 0.262 e. The highest BCUT2D eigenvalue weighted by Gasteiger charge is 2.12. The van der Waals surface area contributed by atoms with E-state index in [9.17, 15) is 4.79 Å². The fraction of sp³-hybridized carbons (Fsp3) is 0.318. The molecule has 0 fully saturated rings. The van der Waals surface area contributed by atoms with Gasteiger partial charge in [0.15, 0.2) is 5.16 Å². The van der Waals surface area contributed by atoms with E-state index in [1.807, 2.05) is 13.0 Å². The molecule has 0 saturated carbocycles. The number of thioether (sulfide) groups is 1. The summed E-state index contributed by atoms with van der Waals surface area (Å²) in [6.45, 7) is 4.13. The quantitative estimate of drug-likeness (QED) is 0.260. The van der Waals surface area contributed by atoms with Gasteiger partial charge in [-0.05, 0) is 49.7 Å². The molecule has 0 bridgehead atoms. The van der Waals surface area contributed by atoms with Crippen LogP contribution in [0, 0.1) is 11.3 Å². The van der Waals surface area contributed by atoms with Gasteiger partial charge in [0.05, 0.1) is 29.1 Å². The number of ether oxygens (including phenoxy) is 2. The minimum Gasteiger partial charge on any atom is -0.493 e. The number of aromatic nitrogens is 2. The van der Waals surface area contributed by atoms with Gasteiger partial charge in [-0.3, -0.25) is 9.36 Å². The Hall–Kier alpha value is -2.53. The van der Waals surface area contributed by atoms with Crippen LogP contribution >= 0.6 is 23.4 Å². The minimum atomic E-state index is -0.0849. The predicted octanol–water partition coefficient (Wildman–Crippen LogP) is 4.52. The molecule has 0 aliphatic carbocycles. The van der Waals surface area contributed by atoms with Crippen LogP contribution < -0.4 is 10.3 Å². The SMILES string of the molecule is CCOCCCn1c(SCCOc2cccc(C#N)c2)nc2cc(Cl)ccc2c1=O. The number of hydrogen-bond acceptors (Lipinski definition) is 6. The average molecular weight is 444 g/mol. The predicted molar refractivity (Wildman–Crippen MR) is 119 cm³/mol. The summed E-state index contributed by atoms with van der Waals surface area (Å²) in [6.07, 6.45) is 0.722. The topological polar surface area (TPSA) is 77.1 Å². The first kappa shape index (κ1) is 22.2. The molecule has 0 radical (unpaired) electrons. The second-order valence-electron chi connectivity index (χ2n) is 6.40. The van der Waals surface area contributed by atoms with Crippen molar-refractivity contribution in [1.29, 1.82) is 5.26 Å². The normalized spacial score (nSPS) is 10.8. The van der Waals surface area contributed by atoms with Crippen molar-refractivity contribution >= 4 is 34.3 Å². The van der Waals surface area contributed by atoms with Crippen molar-refractivity contribution in [3.8, 4) is 11.8 Å². The molecule has 0 spiro atoms. The lowest BCUT2D eigenvalue weighted by Crippen LogP contribution is -2.24. The number of nitrogens with zero attached hydrogens (tertiary/aromatic N) is 3. The number of hydrogen-bond donors (Lipinski definition) is 0. The summed E-state index contributed by atoms with van der Waals surface area (Å²) < 4.78 is 12.8. The highest BCUT2D eigenvalue weighted by atomic mass is 35.5. The molecule has 0 aliphatic heterocycles. The monoisotopic (exact) mass is 443 g/mol. The van der Waals surface area contributed by atoms with E-state index in [0.29, 0.717) is 64.5 Å². The summed E-state index contributed by atoms with van der Waals surface area (Å²) >= 11 is 7.54. The summed E-state index contributed by atoms with van der Waals surface area (Å²) in [5.74, 6) is 1.24. The highest BCUT2D eigenvalue weighted by Crippen LogP contribution is 2.21. The van der Waals surface area contributed by atoms with Gasteiger partial charge in [-0.2, -0.15) is 5.26 Å². The average Bonchev–Trinajstić information content (AvgIpc) is 2.75. The summed E-state index contributed by atoms with van der Waals surface area (Å²) in [5, 5.41) is 10.7. The Morgan fingerprint density at radius 2 is 2.10 bits per heavy atom. The van der Waals surface area contributed by atoms with E-state index in [2.05, 4.69) is 11.1 Å². The Morgan fingerprint density at radius 1 is 1.23 bits per heavy atom. The van der Waals surface area contributed by atoms with E-state index in [4.69, 9.17) is 26.3 Å². The number of benzene rings is 2. The van der Waals surface area contributed by atoms with E-state index in [1.54, 1.807) is 41.0 Å². The first-order valence-electron chi connectivity index (χ1n) is 9.66. The molecule has 0 N–H and O–H groups in total. The Kier molecular flexibility index (Phi) is 8.14. The number of fused-ring (bicyclic) bond motifs is 1. The van der Waals surface area contributed by atoms with Gasteiger partial charge in [0, 0.05) is 30.5 Å². The van der Waals surface area contributed by atoms with Crippen molar-refractivity contribution in [2.24, 2.45) is 0 Å². The molecule has 2 aromatic carbocycles. The van der Waals surface area contributed by atoms with Crippen LogP contribution in [0.25, 0.3) is 10.9 Å². The zero-order valence-corrected chi connectivity index (χ0v) is 18.2. The molecule has 30 heavy (non-hydrogen) atoms. The zero-order chi connectivity index (χ0) is 21.3. The summed E-state index contributed by atoms with van der Waals surface area (Å²) in [7, 11) is 0. The molecule has 0 saturated heterocycles. The molecular formula is C22H22ClN3O3S. The van der Waals surface area contributed by atoms with Crippen molar-refractivity contribution in [2.75, 3.05) is 25.6 Å². The standard InChI is InChI=1S/C22H22ClN3O3S/c1-2-28-10-4-9-26-21(27)19-8-7-17(23)14-20(19)25-22(26)30-12-11-29-18-6-3-5-16(13-18)15-24/h3,5-8,13-14H,2,4,9-12H2,1H3. The third kappa shape index (κ3) is 5.76. The molecule has 0 unspecified atom stereocenters. The van der Waals surface area contributed by atoms with Crippen molar-refractivity contribution in [2.45, 2.75) is 25.0 Å². The summed E-state index contributed by atoms with van der Waals surface area (Å²) in [5.41, 5.74) is 1.05. The third-order valence-electron chi connectivity index (χ3n) is 4.30. The van der Waals surface area contributed by atoms with E-state index in [-0.39, 0.29) is 5.56 Å². The van der Waals surface area contributed by atoms with Gasteiger partial charge < -0.3 is 9.47 Å². The minimum absolute atomic E-state index is 0.0849. The van der Waals surface area contributed by atoms with Gasteiger partial charge >= 0.3 is 0 Å². The third-order valence-corrected chi connectivity index (χ3v) is 5.48. The van der Waals surface area contributed by atoms with Crippen molar-refractivity contribution in [3.63, 3.8) is 0 Å². The van der Waals surface area contributed by atoms with E-state index in [1.165, 1.54) is 11.8 Å². The Morgan fingerprint density at radius 3 is 2.90 bits per heavy atom. The van der Waals surface area contributed by atoms with Gasteiger partial charge in [-0.1, -0.05) is 29.4 Å². The fourth-order valence-electron chi connectivity index (χ4n) is 2.90. The Balaban J connectivity index is 1.74. The number of halogens is 1. The Bertz CT molecular complexity index is 1110. The van der Waals surface area contributed by atoms with E-state index < -0.39 is 0 Å². The lowest BCUT2D eigenvalue weighted by Gasteiger charge is -2.13. The maximum atomic E-state index is 13.0. The summed E-state index contributed by atoms with van der Waals surface area (Å²) in [6, 6.07) is 14.2. The van der Waals surface area contributed by atoms with Crippen LogP contribution in [0.3, 0.4) is 0 Å². The molecule has 0 aliphatic rings. The van der Waals surface area contributed by atoms with Crippen LogP contribution in [0.4, 0.5) is 0 Å². The van der Waals surface area contributed by atoms with Crippen LogP contribution in [-0.4, -0.2) is 35.1 Å². The first-order chi connectivity index (χ1) is 14.6. The fourth-order valence-corrected chi connectivity index (χ4v) is 3.91. The second kappa shape index (κ2) is 11.0. The van der Waals surface area contributed by atoms with Gasteiger partial charge in [0.25, 0.3) is 5.56 Å². The van der Waals surface area contributed by atoms with Crippen molar-refractivity contribution < 1.29 is 9.47 Å².